The molecule has 2 nitrogen and oxygen atoms in total. The lowest BCUT2D eigenvalue weighted by molar-refractivity contribution is 0.170. The van der Waals surface area contributed by atoms with Gasteiger partial charge in [-0.15, -0.1) is 0 Å². The minimum atomic E-state index is 0.706. The fraction of sp³-hybridized carbons (Fsp3) is 1.00. The molecule has 2 rings (SSSR count). The highest BCUT2D eigenvalue weighted by Crippen LogP contribution is 2.40. The monoisotopic (exact) mass is 294 g/mol. The summed E-state index contributed by atoms with van der Waals surface area (Å²) in [6.45, 7) is 8.85. The summed E-state index contributed by atoms with van der Waals surface area (Å²) in [5.74, 6) is 0. The lowest BCUT2D eigenvalue weighted by atomic mass is 9.78. The lowest BCUT2D eigenvalue weighted by Crippen LogP contribution is -2.37. The van der Waals surface area contributed by atoms with Gasteiger partial charge in [0.2, 0.25) is 0 Å². The molecule has 3 heteroatoms. The predicted molar refractivity (Wildman–Crippen MR) is 64.0 cm³/mol. The van der Waals surface area contributed by atoms with Crippen LogP contribution in [0.25, 0.3) is 0 Å². The number of piperidine rings is 1. The summed E-state index contributed by atoms with van der Waals surface area (Å²) in [6.07, 6.45) is 4.30. The quantitative estimate of drug-likeness (QED) is 0.540. The van der Waals surface area contributed by atoms with Gasteiger partial charge in [0.15, 0.2) is 0 Å². The maximum atomic E-state index is 2.61. The molecule has 2 aliphatic rings. The van der Waals surface area contributed by atoms with Crippen LogP contribution in [0.15, 0.2) is 0 Å². The van der Waals surface area contributed by atoms with Gasteiger partial charge in [-0.1, -0.05) is 6.92 Å². The number of hydrogen-bond donors (Lipinski definition) is 0. The van der Waals surface area contributed by atoms with E-state index in [0.29, 0.717) is 5.41 Å². The Morgan fingerprint density at radius 3 is 2.31 bits per heavy atom. The van der Waals surface area contributed by atoms with Crippen molar-refractivity contribution in [1.82, 2.24) is 8.01 Å². The van der Waals surface area contributed by atoms with Crippen molar-refractivity contribution in [3.05, 3.63) is 0 Å². The minimum absolute atomic E-state index is 0.706. The zero-order valence-electron chi connectivity index (χ0n) is 8.43. The SMILES string of the molecule is CCN1CCC2(CCN(I)CC2)C1. The molecular formula is C10H19IN2. The Morgan fingerprint density at radius 1 is 1.15 bits per heavy atom. The van der Waals surface area contributed by atoms with Gasteiger partial charge in [-0.2, -0.15) is 0 Å². The molecule has 0 aromatic heterocycles. The van der Waals surface area contributed by atoms with Crippen LogP contribution in [0, 0.1) is 5.41 Å². The molecule has 0 bridgehead atoms. The highest BCUT2D eigenvalue weighted by Gasteiger charge is 2.39. The first-order chi connectivity index (χ1) is 6.24. The summed E-state index contributed by atoms with van der Waals surface area (Å²) >= 11 is 2.46. The second-order valence-electron chi connectivity index (χ2n) is 4.53. The van der Waals surface area contributed by atoms with Crippen LogP contribution < -0.4 is 0 Å². The third-order valence-electron chi connectivity index (χ3n) is 3.73. The average Bonchev–Trinajstić information content (AvgIpc) is 2.55. The predicted octanol–water partition coefficient (Wildman–Crippen LogP) is 2.14. The van der Waals surface area contributed by atoms with Gasteiger partial charge in [0, 0.05) is 42.5 Å². The number of likely N-dealkylation sites (tertiary alicyclic amines) is 1. The molecule has 0 amide bonds. The highest BCUT2D eigenvalue weighted by molar-refractivity contribution is 14.1. The van der Waals surface area contributed by atoms with Crippen LogP contribution in [0.1, 0.15) is 26.2 Å². The molecule has 76 valence electrons. The smallest absolute Gasteiger partial charge is 0.0201 e. The van der Waals surface area contributed by atoms with E-state index in [1.807, 2.05) is 0 Å². The van der Waals surface area contributed by atoms with Crippen LogP contribution in [0.4, 0.5) is 0 Å². The van der Waals surface area contributed by atoms with Gasteiger partial charge < -0.3 is 4.90 Å². The van der Waals surface area contributed by atoms with E-state index in [2.05, 4.69) is 37.8 Å². The van der Waals surface area contributed by atoms with Crippen molar-refractivity contribution in [3.63, 3.8) is 0 Å². The maximum Gasteiger partial charge on any atom is 0.0201 e. The zero-order chi connectivity index (χ0) is 9.31. The van der Waals surface area contributed by atoms with Gasteiger partial charge in [-0.05, 0) is 37.8 Å². The molecule has 2 heterocycles. The Balaban J connectivity index is 1.92. The molecular weight excluding hydrogens is 275 g/mol. The summed E-state index contributed by atoms with van der Waals surface area (Å²) in [5, 5.41) is 0. The molecule has 0 aromatic rings. The topological polar surface area (TPSA) is 6.48 Å². The average molecular weight is 294 g/mol. The molecule has 2 fully saturated rings. The Morgan fingerprint density at radius 2 is 1.77 bits per heavy atom. The van der Waals surface area contributed by atoms with Crippen LogP contribution in [-0.2, 0) is 0 Å². The molecule has 0 unspecified atom stereocenters. The van der Waals surface area contributed by atoms with Crippen LogP contribution >= 0.6 is 22.9 Å². The van der Waals surface area contributed by atoms with Crippen molar-refractivity contribution in [2.75, 3.05) is 32.7 Å². The number of rotatable bonds is 1. The van der Waals surface area contributed by atoms with Gasteiger partial charge in [0.1, 0.15) is 0 Å². The molecule has 0 atom stereocenters. The van der Waals surface area contributed by atoms with Crippen LogP contribution in [-0.4, -0.2) is 40.7 Å². The first-order valence-corrected chi connectivity index (χ1v) is 6.34. The van der Waals surface area contributed by atoms with E-state index in [9.17, 15) is 0 Å². The Bertz CT molecular complexity index is 176. The normalized spacial score (nSPS) is 30.0. The Kier molecular flexibility index (Phi) is 3.15. The third kappa shape index (κ3) is 2.18. The summed E-state index contributed by atoms with van der Waals surface area (Å²) < 4.78 is 2.44. The first kappa shape index (κ1) is 10.2. The molecule has 0 aliphatic carbocycles. The molecule has 0 aromatic carbocycles. The second kappa shape index (κ2) is 4.03. The fourth-order valence-corrected chi connectivity index (χ4v) is 3.14. The molecule has 0 N–H and O–H groups in total. The summed E-state index contributed by atoms with van der Waals surface area (Å²) in [7, 11) is 0. The first-order valence-electron chi connectivity index (χ1n) is 5.37. The van der Waals surface area contributed by atoms with E-state index in [1.54, 1.807) is 0 Å². The van der Waals surface area contributed by atoms with Crippen molar-refractivity contribution < 1.29 is 0 Å². The van der Waals surface area contributed by atoms with E-state index < -0.39 is 0 Å². The van der Waals surface area contributed by atoms with Crippen molar-refractivity contribution in [2.45, 2.75) is 26.2 Å². The van der Waals surface area contributed by atoms with Gasteiger partial charge >= 0.3 is 0 Å². The highest BCUT2D eigenvalue weighted by atomic mass is 127. The number of hydrogen-bond acceptors (Lipinski definition) is 2. The standard InChI is InChI=1S/C10H19IN2/c1-2-12-6-3-10(9-12)4-7-13(11)8-5-10/h2-9H2,1H3. The Hall–Kier alpha value is 0.650. The summed E-state index contributed by atoms with van der Waals surface area (Å²) in [4.78, 5) is 2.61. The van der Waals surface area contributed by atoms with Gasteiger partial charge in [0.25, 0.3) is 0 Å². The second-order valence-corrected chi connectivity index (χ2v) is 5.89. The van der Waals surface area contributed by atoms with Crippen molar-refractivity contribution in [3.8, 4) is 0 Å². The third-order valence-corrected chi connectivity index (χ3v) is 4.70. The lowest BCUT2D eigenvalue weighted by Gasteiger charge is -2.36. The number of nitrogens with zero attached hydrogens (tertiary/aromatic N) is 2. The molecule has 2 saturated heterocycles. The van der Waals surface area contributed by atoms with Gasteiger partial charge in [-0.3, -0.25) is 0 Å². The molecule has 13 heavy (non-hydrogen) atoms. The van der Waals surface area contributed by atoms with Crippen molar-refractivity contribution in [2.24, 2.45) is 5.41 Å². The van der Waals surface area contributed by atoms with Gasteiger partial charge in [-0.25, -0.2) is 3.11 Å². The van der Waals surface area contributed by atoms with Crippen LogP contribution in [0.3, 0.4) is 0 Å². The molecule has 1 spiro atoms. The molecule has 0 radical (unpaired) electrons. The summed E-state index contributed by atoms with van der Waals surface area (Å²) in [6, 6.07) is 0. The maximum absolute atomic E-state index is 2.61. The summed E-state index contributed by atoms with van der Waals surface area (Å²) in [5.41, 5.74) is 0.706. The van der Waals surface area contributed by atoms with E-state index in [-0.39, 0.29) is 0 Å². The van der Waals surface area contributed by atoms with Gasteiger partial charge in [0.05, 0.1) is 0 Å². The van der Waals surface area contributed by atoms with Crippen molar-refractivity contribution in [1.29, 1.82) is 0 Å². The largest absolute Gasteiger partial charge is 0.303 e. The fourth-order valence-electron chi connectivity index (χ4n) is 2.66. The van der Waals surface area contributed by atoms with Crippen molar-refractivity contribution >= 4 is 22.9 Å². The van der Waals surface area contributed by atoms with E-state index >= 15 is 0 Å². The van der Waals surface area contributed by atoms with E-state index in [0.717, 1.165) is 0 Å². The van der Waals surface area contributed by atoms with E-state index in [1.165, 1.54) is 52.0 Å². The zero-order valence-corrected chi connectivity index (χ0v) is 10.6. The van der Waals surface area contributed by atoms with Crippen LogP contribution in [0.5, 0.6) is 0 Å². The number of halogens is 1. The van der Waals surface area contributed by atoms with E-state index in [4.69, 9.17) is 0 Å². The van der Waals surface area contributed by atoms with Crippen LogP contribution in [0.2, 0.25) is 0 Å². The Labute approximate surface area is 95.2 Å². The molecule has 0 saturated carbocycles. The minimum Gasteiger partial charge on any atom is -0.303 e. The molecule has 2 aliphatic heterocycles.